The summed E-state index contributed by atoms with van der Waals surface area (Å²) in [6.07, 6.45) is 2.62. The lowest BCUT2D eigenvalue weighted by molar-refractivity contribution is 0.404. The van der Waals surface area contributed by atoms with Crippen molar-refractivity contribution in [2.45, 2.75) is 19.4 Å². The number of likely N-dealkylation sites (N-methyl/N-ethyl adjacent to an activating group) is 1. The lowest BCUT2D eigenvalue weighted by atomic mass is 10.0. The number of hydrogen-bond acceptors (Lipinski definition) is 3. The van der Waals surface area contributed by atoms with Crippen molar-refractivity contribution in [2.75, 3.05) is 13.7 Å². The molecule has 0 saturated heterocycles. The number of benzene rings is 1. The second kappa shape index (κ2) is 6.77. The quantitative estimate of drug-likeness (QED) is 0.890. The summed E-state index contributed by atoms with van der Waals surface area (Å²) in [4.78, 5) is 0. The Hall–Kier alpha value is -1.52. The van der Waals surface area contributed by atoms with Crippen LogP contribution in [0.5, 0.6) is 5.75 Å². The van der Waals surface area contributed by atoms with Crippen molar-refractivity contribution >= 4 is 11.6 Å². The van der Waals surface area contributed by atoms with E-state index in [0.717, 1.165) is 35.0 Å². The van der Waals surface area contributed by atoms with Gasteiger partial charge >= 0.3 is 0 Å². The minimum Gasteiger partial charge on any atom is -0.496 e. The Kier molecular flexibility index (Phi) is 5.04. The molecule has 0 radical (unpaired) electrons. The highest BCUT2D eigenvalue weighted by molar-refractivity contribution is 6.30. The highest BCUT2D eigenvalue weighted by Crippen LogP contribution is 2.27. The topological polar surface area (TPSA) is 39.1 Å². The average Bonchev–Trinajstić information content (AvgIpc) is 2.85. The average molecular weight is 294 g/mol. The highest BCUT2D eigenvalue weighted by Gasteiger charge is 2.17. The standard InChI is InChI=1S/C15H20ClN3O/c1-4-17-13(14-7-8-18-19(14)2)10-11-9-12(16)5-6-15(11)20-3/h5-9,13,17H,4,10H2,1-3H3. The van der Waals surface area contributed by atoms with Crippen molar-refractivity contribution in [3.8, 4) is 5.75 Å². The van der Waals surface area contributed by atoms with E-state index in [2.05, 4.69) is 17.3 Å². The molecular formula is C15H20ClN3O. The number of aryl methyl sites for hydroxylation is 1. The van der Waals surface area contributed by atoms with E-state index in [1.807, 2.05) is 42.2 Å². The molecule has 1 aromatic heterocycles. The van der Waals surface area contributed by atoms with E-state index >= 15 is 0 Å². The maximum atomic E-state index is 6.10. The van der Waals surface area contributed by atoms with Gasteiger partial charge in [0.1, 0.15) is 5.75 Å². The van der Waals surface area contributed by atoms with Gasteiger partial charge in [0, 0.05) is 18.3 Å². The highest BCUT2D eigenvalue weighted by atomic mass is 35.5. The molecule has 0 bridgehead atoms. The van der Waals surface area contributed by atoms with Crippen molar-refractivity contribution in [2.24, 2.45) is 7.05 Å². The van der Waals surface area contributed by atoms with Crippen LogP contribution in [0.4, 0.5) is 0 Å². The van der Waals surface area contributed by atoms with Crippen LogP contribution >= 0.6 is 11.6 Å². The van der Waals surface area contributed by atoms with Gasteiger partial charge in [0.2, 0.25) is 0 Å². The SMILES string of the molecule is CCNC(Cc1cc(Cl)ccc1OC)c1ccnn1C. The zero-order valence-electron chi connectivity index (χ0n) is 12.1. The number of aromatic nitrogens is 2. The molecule has 1 atom stereocenters. The zero-order chi connectivity index (χ0) is 14.5. The fraction of sp³-hybridized carbons (Fsp3) is 0.400. The smallest absolute Gasteiger partial charge is 0.122 e. The molecule has 1 unspecified atom stereocenters. The van der Waals surface area contributed by atoms with E-state index in [4.69, 9.17) is 16.3 Å². The van der Waals surface area contributed by atoms with Gasteiger partial charge in [0.25, 0.3) is 0 Å². The van der Waals surface area contributed by atoms with E-state index in [1.54, 1.807) is 7.11 Å². The third-order valence-electron chi connectivity index (χ3n) is 3.33. The van der Waals surface area contributed by atoms with Crippen LogP contribution in [0, 0.1) is 0 Å². The maximum absolute atomic E-state index is 6.10. The predicted molar refractivity (Wildman–Crippen MR) is 81.3 cm³/mol. The number of methoxy groups -OCH3 is 1. The molecular weight excluding hydrogens is 274 g/mol. The molecule has 0 saturated carbocycles. The zero-order valence-corrected chi connectivity index (χ0v) is 12.8. The van der Waals surface area contributed by atoms with Crippen LogP contribution in [0.3, 0.4) is 0 Å². The molecule has 0 aliphatic rings. The molecule has 1 aromatic carbocycles. The summed E-state index contributed by atoms with van der Waals surface area (Å²) in [5, 5.41) is 8.45. The monoisotopic (exact) mass is 293 g/mol. The molecule has 1 N–H and O–H groups in total. The first kappa shape index (κ1) is 14.9. The van der Waals surface area contributed by atoms with Crippen LogP contribution in [-0.2, 0) is 13.5 Å². The van der Waals surface area contributed by atoms with Gasteiger partial charge in [-0.1, -0.05) is 18.5 Å². The first-order valence-corrected chi connectivity index (χ1v) is 7.07. The maximum Gasteiger partial charge on any atom is 0.122 e. The Morgan fingerprint density at radius 3 is 2.80 bits per heavy atom. The third-order valence-corrected chi connectivity index (χ3v) is 3.57. The molecule has 4 nitrogen and oxygen atoms in total. The fourth-order valence-electron chi connectivity index (χ4n) is 2.38. The molecule has 5 heteroatoms. The number of nitrogens with one attached hydrogen (secondary N) is 1. The first-order chi connectivity index (χ1) is 9.65. The third kappa shape index (κ3) is 3.32. The fourth-order valence-corrected chi connectivity index (χ4v) is 2.57. The van der Waals surface area contributed by atoms with Crippen molar-refractivity contribution < 1.29 is 4.74 Å². The van der Waals surface area contributed by atoms with Crippen molar-refractivity contribution in [3.05, 3.63) is 46.7 Å². The Bertz CT molecular complexity index is 568. The van der Waals surface area contributed by atoms with Gasteiger partial charge in [0.05, 0.1) is 18.8 Å². The van der Waals surface area contributed by atoms with E-state index < -0.39 is 0 Å². The van der Waals surface area contributed by atoms with Crippen LogP contribution in [-0.4, -0.2) is 23.4 Å². The van der Waals surface area contributed by atoms with Gasteiger partial charge in [-0.2, -0.15) is 5.10 Å². The van der Waals surface area contributed by atoms with Crippen LogP contribution in [0.2, 0.25) is 5.02 Å². The van der Waals surface area contributed by atoms with E-state index in [-0.39, 0.29) is 6.04 Å². The van der Waals surface area contributed by atoms with Crippen molar-refractivity contribution in [1.82, 2.24) is 15.1 Å². The molecule has 0 aliphatic carbocycles. The summed E-state index contributed by atoms with van der Waals surface area (Å²) in [5.41, 5.74) is 2.24. The molecule has 1 heterocycles. The largest absolute Gasteiger partial charge is 0.496 e. The van der Waals surface area contributed by atoms with Crippen LogP contribution in [0.15, 0.2) is 30.5 Å². The summed E-state index contributed by atoms with van der Waals surface area (Å²) in [6.45, 7) is 2.98. The number of ether oxygens (including phenoxy) is 1. The van der Waals surface area contributed by atoms with E-state index in [0.29, 0.717) is 0 Å². The molecule has 108 valence electrons. The van der Waals surface area contributed by atoms with Gasteiger partial charge in [-0.15, -0.1) is 0 Å². The van der Waals surface area contributed by atoms with Gasteiger partial charge in [-0.25, -0.2) is 0 Å². The number of halogens is 1. The summed E-state index contributed by atoms with van der Waals surface area (Å²) in [7, 11) is 3.63. The number of hydrogen-bond donors (Lipinski definition) is 1. The lowest BCUT2D eigenvalue weighted by Gasteiger charge is -2.20. The predicted octanol–water partition coefficient (Wildman–Crippen LogP) is 2.98. The molecule has 2 aromatic rings. The van der Waals surface area contributed by atoms with Gasteiger partial charge in [-0.05, 0) is 42.8 Å². The summed E-state index contributed by atoms with van der Waals surface area (Å²) in [6, 6.07) is 7.92. The van der Waals surface area contributed by atoms with Crippen LogP contribution in [0.1, 0.15) is 24.2 Å². The van der Waals surface area contributed by atoms with Gasteiger partial charge < -0.3 is 10.1 Å². The molecule has 0 aliphatic heterocycles. The lowest BCUT2D eigenvalue weighted by Crippen LogP contribution is -2.25. The molecule has 2 rings (SSSR count). The second-order valence-electron chi connectivity index (χ2n) is 4.65. The van der Waals surface area contributed by atoms with Crippen LogP contribution < -0.4 is 10.1 Å². The Morgan fingerprint density at radius 1 is 1.40 bits per heavy atom. The Balaban J connectivity index is 2.29. The van der Waals surface area contributed by atoms with Crippen molar-refractivity contribution in [1.29, 1.82) is 0 Å². The molecule has 0 amide bonds. The minimum absolute atomic E-state index is 0.180. The first-order valence-electron chi connectivity index (χ1n) is 6.69. The Morgan fingerprint density at radius 2 is 2.20 bits per heavy atom. The number of nitrogens with zero attached hydrogens (tertiary/aromatic N) is 2. The van der Waals surface area contributed by atoms with Crippen molar-refractivity contribution in [3.63, 3.8) is 0 Å². The minimum atomic E-state index is 0.180. The summed E-state index contributed by atoms with van der Waals surface area (Å²) < 4.78 is 7.31. The van der Waals surface area contributed by atoms with Gasteiger partial charge in [0.15, 0.2) is 0 Å². The van der Waals surface area contributed by atoms with Crippen LogP contribution in [0.25, 0.3) is 0 Å². The summed E-state index contributed by atoms with van der Waals surface area (Å²) in [5.74, 6) is 0.861. The second-order valence-corrected chi connectivity index (χ2v) is 5.09. The van der Waals surface area contributed by atoms with Gasteiger partial charge in [-0.3, -0.25) is 4.68 Å². The molecule has 0 fully saturated rings. The normalized spacial score (nSPS) is 12.4. The Labute approximate surface area is 124 Å². The van der Waals surface area contributed by atoms with E-state index in [1.165, 1.54) is 0 Å². The number of rotatable bonds is 6. The molecule has 0 spiro atoms. The van der Waals surface area contributed by atoms with E-state index in [9.17, 15) is 0 Å². The summed E-state index contributed by atoms with van der Waals surface area (Å²) >= 11 is 6.10. The molecule has 20 heavy (non-hydrogen) atoms.